The van der Waals surface area contributed by atoms with Crippen LogP contribution >= 0.6 is 11.3 Å². The molecule has 1 N–H and O–H groups in total. The van der Waals surface area contributed by atoms with Crippen molar-refractivity contribution in [2.75, 3.05) is 13.1 Å². The Kier molecular flexibility index (Phi) is 7.65. The summed E-state index contributed by atoms with van der Waals surface area (Å²) in [5.74, 6) is 0.748. The van der Waals surface area contributed by atoms with Crippen molar-refractivity contribution in [3.8, 4) is 5.19 Å². The van der Waals surface area contributed by atoms with Crippen molar-refractivity contribution in [2.24, 2.45) is 5.92 Å². The zero-order valence-electron chi connectivity index (χ0n) is 21.6. The van der Waals surface area contributed by atoms with E-state index in [4.69, 9.17) is 9.72 Å². The van der Waals surface area contributed by atoms with Crippen molar-refractivity contribution >= 4 is 28.1 Å². The van der Waals surface area contributed by atoms with Crippen molar-refractivity contribution in [3.63, 3.8) is 0 Å². The van der Waals surface area contributed by atoms with Gasteiger partial charge in [-0.1, -0.05) is 53.8 Å². The third kappa shape index (κ3) is 5.89. The van der Waals surface area contributed by atoms with Gasteiger partial charge in [0.2, 0.25) is 0 Å². The number of hydrogen-bond acceptors (Lipinski definition) is 6. The monoisotopic (exact) mass is 526 g/mol. The Morgan fingerprint density at radius 2 is 1.89 bits per heavy atom. The topological polar surface area (TPSA) is 67.4 Å². The molecule has 0 bridgehead atoms. The molecule has 4 aromatic rings. The van der Waals surface area contributed by atoms with Gasteiger partial charge in [0, 0.05) is 41.2 Å². The van der Waals surface area contributed by atoms with Crippen LogP contribution in [0.25, 0.3) is 10.9 Å². The summed E-state index contributed by atoms with van der Waals surface area (Å²) in [6.45, 7) is 3.70. The Balaban J connectivity index is 0.945. The molecule has 196 valence electrons. The standard InChI is InChI=1S/C31H34N4O2S/c36-30(26-8-4-10-27-25(26)9-5-17-32-27)33-24-13-11-22(12-14-24)15-18-35-19-16-29-28(20-35)34-31(38-29)37-21-23-6-2-1-3-7-23/h1-10,17,22,24H,11-16,18-21H2,(H,33,36). The first-order chi connectivity index (χ1) is 18.7. The van der Waals surface area contributed by atoms with Crippen LogP contribution in [0, 0.1) is 5.92 Å². The van der Waals surface area contributed by atoms with Gasteiger partial charge in [-0.25, -0.2) is 4.98 Å². The first-order valence-corrected chi connectivity index (χ1v) is 14.5. The number of carbonyl (C=O) groups excluding carboxylic acids is 1. The smallest absolute Gasteiger partial charge is 0.274 e. The molecule has 1 amide bonds. The molecule has 2 aromatic heterocycles. The van der Waals surface area contributed by atoms with E-state index in [-0.39, 0.29) is 11.9 Å². The quantitative estimate of drug-likeness (QED) is 0.305. The number of nitrogens with zero attached hydrogens (tertiary/aromatic N) is 3. The average molecular weight is 527 g/mol. The van der Waals surface area contributed by atoms with Gasteiger partial charge >= 0.3 is 0 Å². The summed E-state index contributed by atoms with van der Waals surface area (Å²) in [5, 5.41) is 5.00. The molecule has 2 aromatic carbocycles. The van der Waals surface area contributed by atoms with Gasteiger partial charge in [-0.2, -0.15) is 0 Å². The zero-order chi connectivity index (χ0) is 25.7. The lowest BCUT2D eigenvalue weighted by atomic mass is 9.84. The molecule has 0 atom stereocenters. The van der Waals surface area contributed by atoms with Gasteiger partial charge in [0.25, 0.3) is 11.1 Å². The van der Waals surface area contributed by atoms with E-state index >= 15 is 0 Å². The highest BCUT2D eigenvalue weighted by atomic mass is 32.1. The number of carbonyl (C=O) groups is 1. The van der Waals surface area contributed by atoms with Crippen LogP contribution in [0.2, 0.25) is 0 Å². The van der Waals surface area contributed by atoms with Gasteiger partial charge < -0.3 is 10.1 Å². The maximum atomic E-state index is 13.0. The normalized spacial score (nSPS) is 19.7. The summed E-state index contributed by atoms with van der Waals surface area (Å²) in [5.41, 5.74) is 3.95. The van der Waals surface area contributed by atoms with Crippen LogP contribution in [-0.2, 0) is 19.6 Å². The molecule has 1 aliphatic carbocycles. The molecule has 1 saturated carbocycles. The molecule has 0 radical (unpaired) electrons. The largest absolute Gasteiger partial charge is 0.465 e. The van der Waals surface area contributed by atoms with Crippen LogP contribution in [0.15, 0.2) is 66.9 Å². The Hall–Kier alpha value is -3.29. The van der Waals surface area contributed by atoms with Gasteiger partial charge in [-0.05, 0) is 74.8 Å². The Labute approximate surface area is 228 Å². The minimum absolute atomic E-state index is 0.0200. The second kappa shape index (κ2) is 11.6. The van der Waals surface area contributed by atoms with Crippen LogP contribution in [0.3, 0.4) is 0 Å². The number of thiazole rings is 1. The van der Waals surface area contributed by atoms with E-state index in [1.165, 1.54) is 35.4 Å². The Morgan fingerprint density at radius 3 is 2.76 bits per heavy atom. The summed E-state index contributed by atoms with van der Waals surface area (Å²) in [4.78, 5) is 26.1. The fourth-order valence-electron chi connectivity index (χ4n) is 5.73. The average Bonchev–Trinajstić information content (AvgIpc) is 3.38. The number of aromatic nitrogens is 2. The van der Waals surface area contributed by atoms with Crippen LogP contribution in [0.1, 0.15) is 58.6 Å². The fourth-order valence-corrected chi connectivity index (χ4v) is 6.63. The summed E-state index contributed by atoms with van der Waals surface area (Å²) >= 11 is 1.71. The van der Waals surface area contributed by atoms with Gasteiger partial charge in [-0.15, -0.1) is 0 Å². The second-order valence-corrected chi connectivity index (χ2v) is 11.6. The molecule has 6 nitrogen and oxygen atoms in total. The van der Waals surface area contributed by atoms with Crippen LogP contribution in [-0.4, -0.2) is 39.9 Å². The number of amides is 1. The molecule has 38 heavy (non-hydrogen) atoms. The zero-order valence-corrected chi connectivity index (χ0v) is 22.5. The summed E-state index contributed by atoms with van der Waals surface area (Å²) < 4.78 is 5.98. The lowest BCUT2D eigenvalue weighted by Crippen LogP contribution is -2.38. The lowest BCUT2D eigenvalue weighted by molar-refractivity contribution is 0.0921. The molecular formula is C31H34N4O2S. The van der Waals surface area contributed by atoms with E-state index in [2.05, 4.69) is 27.3 Å². The number of pyridine rings is 1. The minimum atomic E-state index is 0.0200. The summed E-state index contributed by atoms with van der Waals surface area (Å²) in [6, 6.07) is 20.1. The van der Waals surface area contributed by atoms with Gasteiger partial charge in [-0.3, -0.25) is 14.7 Å². The van der Waals surface area contributed by atoms with Crippen LogP contribution < -0.4 is 10.1 Å². The first-order valence-electron chi connectivity index (χ1n) is 13.7. The maximum absolute atomic E-state index is 13.0. The van der Waals surface area contributed by atoms with E-state index < -0.39 is 0 Å². The third-order valence-corrected chi connectivity index (χ3v) is 8.99. The van der Waals surface area contributed by atoms with Crippen LogP contribution in [0.5, 0.6) is 5.19 Å². The highest BCUT2D eigenvalue weighted by Crippen LogP contribution is 2.32. The number of benzene rings is 2. The number of ether oxygens (including phenoxy) is 1. The number of rotatable bonds is 8. The molecule has 1 fully saturated rings. The van der Waals surface area contributed by atoms with Crippen molar-refractivity contribution in [3.05, 3.63) is 88.6 Å². The molecule has 0 unspecified atom stereocenters. The van der Waals surface area contributed by atoms with E-state index in [0.717, 1.165) is 66.5 Å². The van der Waals surface area contributed by atoms with Gasteiger partial charge in [0.15, 0.2) is 0 Å². The first kappa shape index (κ1) is 25.0. The van der Waals surface area contributed by atoms with E-state index in [9.17, 15) is 4.79 Å². The lowest BCUT2D eigenvalue weighted by Gasteiger charge is -2.32. The van der Waals surface area contributed by atoms with E-state index in [1.54, 1.807) is 17.5 Å². The Bertz CT molecular complexity index is 1380. The summed E-state index contributed by atoms with van der Waals surface area (Å²) in [6.07, 6.45) is 8.50. The minimum Gasteiger partial charge on any atom is -0.465 e. The van der Waals surface area contributed by atoms with Crippen molar-refractivity contribution in [1.29, 1.82) is 0 Å². The predicted octanol–water partition coefficient (Wildman–Crippen LogP) is 6.01. The molecule has 1 aliphatic heterocycles. The number of hydrogen-bond donors (Lipinski definition) is 1. The molecule has 2 aliphatic rings. The molecule has 6 rings (SSSR count). The van der Waals surface area contributed by atoms with E-state index in [1.807, 2.05) is 48.5 Å². The molecule has 7 heteroatoms. The SMILES string of the molecule is O=C(NC1CCC(CCN2CCc3sc(OCc4ccccc4)nc3C2)CC1)c1cccc2ncccc12. The van der Waals surface area contributed by atoms with Gasteiger partial charge in [0.05, 0.1) is 11.2 Å². The predicted molar refractivity (Wildman–Crippen MR) is 151 cm³/mol. The van der Waals surface area contributed by atoms with Crippen molar-refractivity contribution in [1.82, 2.24) is 20.2 Å². The van der Waals surface area contributed by atoms with E-state index in [0.29, 0.717) is 6.61 Å². The number of fused-ring (bicyclic) bond motifs is 2. The van der Waals surface area contributed by atoms with Gasteiger partial charge in [0.1, 0.15) is 6.61 Å². The highest BCUT2D eigenvalue weighted by molar-refractivity contribution is 7.13. The molecule has 3 heterocycles. The molecular weight excluding hydrogens is 492 g/mol. The second-order valence-electron chi connectivity index (χ2n) is 10.5. The molecule has 0 spiro atoms. The molecule has 0 saturated heterocycles. The van der Waals surface area contributed by atoms with Crippen molar-refractivity contribution < 1.29 is 9.53 Å². The maximum Gasteiger partial charge on any atom is 0.274 e. The Morgan fingerprint density at radius 1 is 1.03 bits per heavy atom. The van der Waals surface area contributed by atoms with Crippen molar-refractivity contribution in [2.45, 2.75) is 57.7 Å². The number of nitrogens with one attached hydrogen (secondary N) is 1. The fraction of sp³-hybridized carbons (Fsp3) is 0.387. The highest BCUT2D eigenvalue weighted by Gasteiger charge is 2.26. The third-order valence-electron chi connectivity index (χ3n) is 7.92. The summed E-state index contributed by atoms with van der Waals surface area (Å²) in [7, 11) is 0. The van der Waals surface area contributed by atoms with Crippen LogP contribution in [0.4, 0.5) is 0 Å².